The van der Waals surface area contributed by atoms with Gasteiger partial charge in [0.2, 0.25) is 5.91 Å². The summed E-state index contributed by atoms with van der Waals surface area (Å²) in [6.07, 6.45) is 5.52. The van der Waals surface area contributed by atoms with Gasteiger partial charge in [-0.1, -0.05) is 12.1 Å². The Morgan fingerprint density at radius 3 is 2.75 bits per heavy atom. The lowest BCUT2D eigenvalue weighted by Gasteiger charge is -2.28. The summed E-state index contributed by atoms with van der Waals surface area (Å²) in [6.45, 7) is 2.03. The molecule has 108 valence electrons. The van der Waals surface area contributed by atoms with Gasteiger partial charge in [0, 0.05) is 23.0 Å². The van der Waals surface area contributed by atoms with Crippen LogP contribution < -0.4 is 10.6 Å². The fourth-order valence-electron chi connectivity index (χ4n) is 3.55. The zero-order valence-corrected chi connectivity index (χ0v) is 13.4. The lowest BCUT2D eigenvalue weighted by molar-refractivity contribution is -0.117. The number of carbonyl (C=O) groups is 1. The summed E-state index contributed by atoms with van der Waals surface area (Å²) in [4.78, 5) is 12.2. The second-order valence-electron chi connectivity index (χ2n) is 6.16. The molecule has 2 N–H and O–H groups in total. The van der Waals surface area contributed by atoms with Crippen LogP contribution in [0, 0.1) is 12.8 Å². The van der Waals surface area contributed by atoms with Crippen molar-refractivity contribution in [1.29, 1.82) is 0 Å². The number of rotatable bonds is 3. The number of amides is 1. The molecule has 0 aliphatic carbocycles. The third-order valence-electron chi connectivity index (χ3n) is 4.51. The second kappa shape index (κ2) is 5.86. The van der Waals surface area contributed by atoms with E-state index in [-0.39, 0.29) is 5.91 Å². The van der Waals surface area contributed by atoms with Crippen LogP contribution in [0.25, 0.3) is 0 Å². The van der Waals surface area contributed by atoms with Crippen molar-refractivity contribution in [2.24, 2.45) is 5.92 Å². The number of nitrogens with one attached hydrogen (secondary N) is 2. The summed E-state index contributed by atoms with van der Waals surface area (Å²) < 4.78 is 0.985. The van der Waals surface area contributed by atoms with Gasteiger partial charge in [-0.25, -0.2) is 0 Å². The molecule has 2 heterocycles. The Kier molecular flexibility index (Phi) is 4.13. The first-order chi connectivity index (χ1) is 9.61. The highest BCUT2D eigenvalue weighted by molar-refractivity contribution is 9.10. The van der Waals surface area contributed by atoms with Crippen LogP contribution in [0.3, 0.4) is 0 Å². The molecule has 2 aliphatic heterocycles. The number of carbonyl (C=O) groups excluding carboxylic acids is 1. The lowest BCUT2D eigenvalue weighted by Crippen LogP contribution is -2.39. The summed E-state index contributed by atoms with van der Waals surface area (Å²) in [5.41, 5.74) is 2.02. The van der Waals surface area contributed by atoms with Gasteiger partial charge in [-0.3, -0.25) is 4.79 Å². The van der Waals surface area contributed by atoms with Gasteiger partial charge in [0.15, 0.2) is 0 Å². The zero-order valence-electron chi connectivity index (χ0n) is 11.8. The van der Waals surface area contributed by atoms with Crippen LogP contribution in [-0.2, 0) is 4.79 Å². The predicted octanol–water partition coefficient (Wildman–Crippen LogP) is 3.62. The number of aryl methyl sites for hydroxylation is 1. The molecule has 0 saturated carbocycles. The van der Waals surface area contributed by atoms with Gasteiger partial charge in [-0.05, 0) is 66.1 Å². The van der Waals surface area contributed by atoms with E-state index in [1.165, 1.54) is 12.8 Å². The number of hydrogen-bond acceptors (Lipinski definition) is 2. The third-order valence-corrected chi connectivity index (χ3v) is 5.56. The average Bonchev–Trinajstić information content (AvgIpc) is 2.74. The Bertz CT molecular complexity index is 505. The minimum Gasteiger partial charge on any atom is -0.325 e. The fraction of sp³-hybridized carbons (Fsp3) is 0.562. The maximum atomic E-state index is 12.2. The van der Waals surface area contributed by atoms with Gasteiger partial charge in [0.25, 0.3) is 0 Å². The van der Waals surface area contributed by atoms with E-state index in [0.717, 1.165) is 28.6 Å². The predicted molar refractivity (Wildman–Crippen MR) is 84.8 cm³/mol. The minimum absolute atomic E-state index is 0.141. The Labute approximate surface area is 128 Å². The topological polar surface area (TPSA) is 41.1 Å². The Morgan fingerprint density at radius 1 is 1.35 bits per heavy atom. The van der Waals surface area contributed by atoms with E-state index in [9.17, 15) is 4.79 Å². The standard InChI is InChI=1S/C16H21BrN2O/c1-10-3-2-4-14(16(10)17)19-15(20)9-11-7-12-5-6-13(8-11)18-12/h2-4,11-13,18H,5-9H2,1H3,(H,19,20). The highest BCUT2D eigenvalue weighted by Crippen LogP contribution is 2.33. The maximum absolute atomic E-state index is 12.2. The largest absolute Gasteiger partial charge is 0.325 e. The molecule has 2 unspecified atom stereocenters. The van der Waals surface area contributed by atoms with Crippen molar-refractivity contribution in [2.75, 3.05) is 5.32 Å². The number of piperidine rings is 1. The molecule has 0 spiro atoms. The Balaban J connectivity index is 1.58. The smallest absolute Gasteiger partial charge is 0.224 e. The van der Waals surface area contributed by atoms with Crippen molar-refractivity contribution in [3.63, 3.8) is 0 Å². The van der Waals surface area contributed by atoms with Crippen LogP contribution in [0.15, 0.2) is 22.7 Å². The van der Waals surface area contributed by atoms with Crippen LogP contribution in [0.1, 0.15) is 37.7 Å². The molecule has 3 nitrogen and oxygen atoms in total. The monoisotopic (exact) mass is 336 g/mol. The van der Waals surface area contributed by atoms with Gasteiger partial charge in [-0.15, -0.1) is 0 Å². The molecule has 1 amide bonds. The highest BCUT2D eigenvalue weighted by atomic mass is 79.9. The number of fused-ring (bicyclic) bond motifs is 2. The molecule has 1 aromatic rings. The van der Waals surface area contributed by atoms with Gasteiger partial charge < -0.3 is 10.6 Å². The molecule has 20 heavy (non-hydrogen) atoms. The van der Waals surface area contributed by atoms with Crippen LogP contribution in [0.2, 0.25) is 0 Å². The van der Waals surface area contributed by atoms with E-state index in [2.05, 4.69) is 26.6 Å². The highest BCUT2D eigenvalue weighted by Gasteiger charge is 2.34. The number of benzene rings is 1. The van der Waals surface area contributed by atoms with Crippen molar-refractivity contribution >= 4 is 27.5 Å². The van der Waals surface area contributed by atoms with Gasteiger partial charge in [-0.2, -0.15) is 0 Å². The SMILES string of the molecule is Cc1cccc(NC(=O)CC2CC3CCC(C2)N3)c1Br. The molecule has 2 fully saturated rings. The molecular formula is C16H21BrN2O. The van der Waals surface area contributed by atoms with Crippen molar-refractivity contribution in [2.45, 2.75) is 51.1 Å². The van der Waals surface area contributed by atoms with Crippen LogP contribution in [0.4, 0.5) is 5.69 Å². The van der Waals surface area contributed by atoms with E-state index in [1.54, 1.807) is 0 Å². The summed E-state index contributed by atoms with van der Waals surface area (Å²) >= 11 is 3.54. The maximum Gasteiger partial charge on any atom is 0.224 e. The molecule has 1 aromatic carbocycles. The Hall–Kier alpha value is -0.870. The number of halogens is 1. The number of anilines is 1. The number of hydrogen-bond donors (Lipinski definition) is 2. The van der Waals surface area contributed by atoms with Crippen LogP contribution in [0.5, 0.6) is 0 Å². The summed E-state index contributed by atoms with van der Waals surface area (Å²) in [6, 6.07) is 7.25. The van der Waals surface area contributed by atoms with Crippen molar-refractivity contribution in [3.05, 3.63) is 28.2 Å². The van der Waals surface area contributed by atoms with Crippen molar-refractivity contribution < 1.29 is 4.79 Å². The summed E-state index contributed by atoms with van der Waals surface area (Å²) in [5.74, 6) is 0.680. The Morgan fingerprint density at radius 2 is 2.05 bits per heavy atom. The molecule has 2 bridgehead atoms. The molecule has 2 aliphatic rings. The van der Waals surface area contributed by atoms with Crippen molar-refractivity contribution in [1.82, 2.24) is 5.32 Å². The molecule has 2 saturated heterocycles. The van der Waals surface area contributed by atoms with Gasteiger partial charge in [0.1, 0.15) is 0 Å². The van der Waals surface area contributed by atoms with E-state index in [0.29, 0.717) is 24.4 Å². The second-order valence-corrected chi connectivity index (χ2v) is 6.96. The normalized spacial score (nSPS) is 28.4. The molecule has 0 aromatic heterocycles. The van der Waals surface area contributed by atoms with Gasteiger partial charge >= 0.3 is 0 Å². The van der Waals surface area contributed by atoms with E-state index >= 15 is 0 Å². The molecular weight excluding hydrogens is 316 g/mol. The first-order valence-electron chi connectivity index (χ1n) is 7.43. The minimum atomic E-state index is 0.141. The molecule has 4 heteroatoms. The molecule has 0 radical (unpaired) electrons. The van der Waals surface area contributed by atoms with E-state index in [4.69, 9.17) is 0 Å². The van der Waals surface area contributed by atoms with E-state index < -0.39 is 0 Å². The molecule has 2 atom stereocenters. The van der Waals surface area contributed by atoms with Crippen LogP contribution >= 0.6 is 15.9 Å². The summed E-state index contributed by atoms with van der Waals surface area (Å²) in [7, 11) is 0. The van der Waals surface area contributed by atoms with Crippen LogP contribution in [-0.4, -0.2) is 18.0 Å². The average molecular weight is 337 g/mol. The first kappa shape index (κ1) is 14.1. The molecule has 3 rings (SSSR count). The lowest BCUT2D eigenvalue weighted by atomic mass is 9.89. The third kappa shape index (κ3) is 3.07. The zero-order chi connectivity index (χ0) is 14.1. The van der Waals surface area contributed by atoms with Gasteiger partial charge in [0.05, 0.1) is 5.69 Å². The summed E-state index contributed by atoms with van der Waals surface area (Å²) in [5, 5.41) is 6.66. The van der Waals surface area contributed by atoms with Crippen molar-refractivity contribution in [3.8, 4) is 0 Å². The fourth-order valence-corrected chi connectivity index (χ4v) is 3.91. The quantitative estimate of drug-likeness (QED) is 0.885. The van der Waals surface area contributed by atoms with E-state index in [1.807, 2.05) is 25.1 Å². The first-order valence-corrected chi connectivity index (χ1v) is 8.22.